The van der Waals surface area contributed by atoms with E-state index in [1.807, 2.05) is 13.8 Å². The predicted molar refractivity (Wildman–Crippen MR) is 63.3 cm³/mol. The van der Waals surface area contributed by atoms with Crippen LogP contribution in [0.15, 0.2) is 25.3 Å². The number of rotatable bonds is 7. The molecule has 0 aromatic heterocycles. The predicted octanol–water partition coefficient (Wildman–Crippen LogP) is 2.60. The minimum atomic E-state index is -0.804. The molecule has 2 atom stereocenters. The highest BCUT2D eigenvalue weighted by Crippen LogP contribution is 2.04. The Hall–Kier alpha value is -0.640. The van der Waals surface area contributed by atoms with E-state index in [0.29, 0.717) is 12.8 Å². The maximum Gasteiger partial charge on any atom is 0.157 e. The van der Waals surface area contributed by atoms with E-state index in [2.05, 4.69) is 13.2 Å². The Morgan fingerprint density at radius 1 is 1.00 bits per heavy atom. The average molecular weight is 216 g/mol. The molecule has 0 aliphatic rings. The van der Waals surface area contributed by atoms with Gasteiger partial charge in [-0.05, 0) is 12.8 Å². The molecular formula is C12H24O3. The van der Waals surface area contributed by atoms with Gasteiger partial charge < -0.3 is 14.9 Å². The zero-order chi connectivity index (χ0) is 12.1. The minimum Gasteiger partial charge on any atom is -0.368 e. The Balaban J connectivity index is 0. The fraction of sp³-hybridized carbons (Fsp3) is 0.667. The molecule has 0 aromatic rings. The van der Waals surface area contributed by atoms with Crippen molar-refractivity contribution in [2.75, 3.05) is 0 Å². The van der Waals surface area contributed by atoms with E-state index in [0.717, 1.165) is 12.8 Å². The quantitative estimate of drug-likeness (QED) is 0.508. The Morgan fingerprint density at radius 2 is 1.33 bits per heavy atom. The first-order valence-electron chi connectivity index (χ1n) is 5.37. The van der Waals surface area contributed by atoms with Crippen molar-refractivity contribution in [3.05, 3.63) is 25.3 Å². The lowest BCUT2D eigenvalue weighted by Crippen LogP contribution is -2.21. The van der Waals surface area contributed by atoms with Crippen molar-refractivity contribution in [2.24, 2.45) is 0 Å². The summed E-state index contributed by atoms with van der Waals surface area (Å²) in [6.07, 6.45) is 4.56. The maximum atomic E-state index is 9.06. The van der Waals surface area contributed by atoms with Gasteiger partial charge in [-0.15, -0.1) is 0 Å². The van der Waals surface area contributed by atoms with Gasteiger partial charge in [-0.3, -0.25) is 0 Å². The van der Waals surface area contributed by atoms with E-state index in [4.69, 9.17) is 14.9 Å². The molecule has 0 aromatic carbocycles. The molecule has 0 saturated heterocycles. The minimum absolute atomic E-state index is 0.584. The van der Waals surface area contributed by atoms with Crippen molar-refractivity contribution in [2.45, 2.75) is 52.1 Å². The summed E-state index contributed by atoms with van der Waals surface area (Å²) in [5.74, 6) is 0. The van der Waals surface area contributed by atoms with Crippen LogP contribution in [0.4, 0.5) is 0 Å². The van der Waals surface area contributed by atoms with Crippen LogP contribution in [0.3, 0.4) is 0 Å². The van der Waals surface area contributed by atoms with E-state index in [1.165, 1.54) is 0 Å². The van der Waals surface area contributed by atoms with E-state index in [9.17, 15) is 0 Å². The van der Waals surface area contributed by atoms with Crippen molar-refractivity contribution in [1.29, 1.82) is 0 Å². The van der Waals surface area contributed by atoms with Gasteiger partial charge in [0.25, 0.3) is 0 Å². The molecule has 0 radical (unpaired) electrons. The normalized spacial score (nSPS) is 13.3. The van der Waals surface area contributed by atoms with Crippen molar-refractivity contribution in [3.8, 4) is 0 Å². The van der Waals surface area contributed by atoms with Gasteiger partial charge in [-0.2, -0.15) is 0 Å². The second kappa shape index (κ2) is 13.4. The zero-order valence-corrected chi connectivity index (χ0v) is 9.85. The highest BCUT2D eigenvalue weighted by molar-refractivity contribution is 4.88. The second-order valence-electron chi connectivity index (χ2n) is 3.09. The number of aliphatic hydroxyl groups excluding tert-OH is 2. The molecule has 0 fully saturated rings. The summed E-state index contributed by atoms with van der Waals surface area (Å²) in [7, 11) is 0. The van der Waals surface area contributed by atoms with Crippen molar-refractivity contribution < 1.29 is 14.9 Å². The third kappa shape index (κ3) is 16.1. The topological polar surface area (TPSA) is 49.7 Å². The summed E-state index contributed by atoms with van der Waals surface area (Å²) in [5, 5.41) is 18.1. The molecule has 15 heavy (non-hydrogen) atoms. The van der Waals surface area contributed by atoms with Crippen LogP contribution in [-0.4, -0.2) is 22.8 Å². The SMILES string of the molecule is C=CC=C.CCCC(O)OC(O)CCC. The summed E-state index contributed by atoms with van der Waals surface area (Å²) < 4.78 is 4.84. The van der Waals surface area contributed by atoms with Crippen molar-refractivity contribution in [3.63, 3.8) is 0 Å². The van der Waals surface area contributed by atoms with E-state index < -0.39 is 12.6 Å². The van der Waals surface area contributed by atoms with Crippen molar-refractivity contribution in [1.82, 2.24) is 0 Å². The molecule has 2 unspecified atom stereocenters. The zero-order valence-electron chi connectivity index (χ0n) is 9.85. The Bertz CT molecular complexity index is 130. The van der Waals surface area contributed by atoms with Gasteiger partial charge in [0.1, 0.15) is 0 Å². The van der Waals surface area contributed by atoms with Crippen LogP contribution in [0.5, 0.6) is 0 Å². The Labute approximate surface area is 93.1 Å². The first-order valence-corrected chi connectivity index (χ1v) is 5.37. The lowest BCUT2D eigenvalue weighted by Gasteiger charge is -2.15. The molecular weight excluding hydrogens is 192 g/mol. The molecule has 3 heteroatoms. The van der Waals surface area contributed by atoms with Crippen LogP contribution in [0.25, 0.3) is 0 Å². The molecule has 0 rings (SSSR count). The van der Waals surface area contributed by atoms with Crippen molar-refractivity contribution >= 4 is 0 Å². The summed E-state index contributed by atoms with van der Waals surface area (Å²) >= 11 is 0. The third-order valence-electron chi connectivity index (χ3n) is 1.55. The molecule has 0 bridgehead atoms. The molecule has 90 valence electrons. The Morgan fingerprint density at radius 3 is 1.53 bits per heavy atom. The number of hydrogen-bond donors (Lipinski definition) is 2. The molecule has 0 saturated carbocycles. The van der Waals surface area contributed by atoms with Gasteiger partial charge in [0.15, 0.2) is 12.6 Å². The van der Waals surface area contributed by atoms with E-state index in [1.54, 1.807) is 12.2 Å². The van der Waals surface area contributed by atoms with Gasteiger partial charge in [-0.25, -0.2) is 0 Å². The fourth-order valence-corrected chi connectivity index (χ4v) is 0.811. The fourth-order valence-electron chi connectivity index (χ4n) is 0.811. The largest absolute Gasteiger partial charge is 0.368 e. The van der Waals surface area contributed by atoms with Gasteiger partial charge in [0, 0.05) is 0 Å². The molecule has 0 aliphatic heterocycles. The molecule has 2 N–H and O–H groups in total. The average Bonchev–Trinajstić information content (AvgIpc) is 2.18. The van der Waals surface area contributed by atoms with Gasteiger partial charge in [0.05, 0.1) is 0 Å². The summed E-state index contributed by atoms with van der Waals surface area (Å²) in [6, 6.07) is 0. The monoisotopic (exact) mass is 216 g/mol. The standard InChI is InChI=1S/C8H18O3.C4H6/c1-3-5-7(9)11-8(10)6-4-2;1-3-4-2/h7-10H,3-6H2,1-2H3;3-4H,1-2H2. The first kappa shape index (κ1) is 16.8. The molecule has 0 heterocycles. The van der Waals surface area contributed by atoms with Crippen LogP contribution < -0.4 is 0 Å². The number of allylic oxidation sites excluding steroid dienone is 2. The molecule has 0 amide bonds. The van der Waals surface area contributed by atoms with Gasteiger partial charge in [-0.1, -0.05) is 52.0 Å². The highest BCUT2D eigenvalue weighted by Gasteiger charge is 2.08. The summed E-state index contributed by atoms with van der Waals surface area (Å²) in [4.78, 5) is 0. The number of ether oxygens (including phenoxy) is 1. The van der Waals surface area contributed by atoms with Crippen LogP contribution in [-0.2, 0) is 4.74 Å². The second-order valence-corrected chi connectivity index (χ2v) is 3.09. The van der Waals surface area contributed by atoms with E-state index in [-0.39, 0.29) is 0 Å². The van der Waals surface area contributed by atoms with Crippen LogP contribution in [0.2, 0.25) is 0 Å². The van der Waals surface area contributed by atoms with Crippen LogP contribution in [0, 0.1) is 0 Å². The van der Waals surface area contributed by atoms with E-state index >= 15 is 0 Å². The van der Waals surface area contributed by atoms with Crippen LogP contribution in [0.1, 0.15) is 39.5 Å². The summed E-state index contributed by atoms with van der Waals surface area (Å²) in [6.45, 7) is 10.6. The third-order valence-corrected chi connectivity index (χ3v) is 1.55. The molecule has 3 nitrogen and oxygen atoms in total. The Kier molecular flexibility index (Phi) is 14.9. The number of hydrogen-bond acceptors (Lipinski definition) is 3. The first-order chi connectivity index (χ1) is 7.12. The molecule has 0 aliphatic carbocycles. The highest BCUT2D eigenvalue weighted by atomic mass is 16.7. The lowest BCUT2D eigenvalue weighted by atomic mass is 10.3. The maximum absolute atomic E-state index is 9.06. The lowest BCUT2D eigenvalue weighted by molar-refractivity contribution is -0.211. The number of aliphatic hydroxyl groups is 2. The smallest absolute Gasteiger partial charge is 0.157 e. The van der Waals surface area contributed by atoms with Gasteiger partial charge in [0.2, 0.25) is 0 Å². The van der Waals surface area contributed by atoms with Gasteiger partial charge >= 0.3 is 0 Å². The van der Waals surface area contributed by atoms with Crippen LogP contribution >= 0.6 is 0 Å². The summed E-state index contributed by atoms with van der Waals surface area (Å²) in [5.41, 5.74) is 0. The molecule has 0 spiro atoms.